The van der Waals surface area contributed by atoms with Crippen LogP contribution in [-0.4, -0.2) is 4.98 Å². The molecule has 2 aromatic carbocycles. The van der Waals surface area contributed by atoms with E-state index in [4.69, 9.17) is 0 Å². The molecule has 2 heteroatoms. The fourth-order valence-electron chi connectivity index (χ4n) is 2.11. The molecule has 3 aromatic rings. The minimum absolute atomic E-state index is 0.182. The maximum Gasteiger partial charge on any atom is 0.131 e. The van der Waals surface area contributed by atoms with Crippen molar-refractivity contribution in [3.8, 4) is 11.1 Å². The Morgan fingerprint density at radius 3 is 2.67 bits per heavy atom. The molecule has 0 N–H and O–H groups in total. The number of nitrogens with zero attached hydrogens (tertiary/aromatic N) is 1. The molecule has 1 aromatic heterocycles. The highest BCUT2D eigenvalue weighted by Crippen LogP contribution is 2.26. The Morgan fingerprint density at radius 1 is 0.944 bits per heavy atom. The predicted molar refractivity (Wildman–Crippen MR) is 71.9 cm³/mol. The lowest BCUT2D eigenvalue weighted by molar-refractivity contribution is 0.630. The molecule has 18 heavy (non-hydrogen) atoms. The molecule has 88 valence electrons. The van der Waals surface area contributed by atoms with Gasteiger partial charge in [-0.1, -0.05) is 24.3 Å². The molecule has 0 saturated carbocycles. The zero-order chi connectivity index (χ0) is 12.5. The van der Waals surface area contributed by atoms with Gasteiger partial charge in [0.25, 0.3) is 0 Å². The van der Waals surface area contributed by atoms with Crippen molar-refractivity contribution >= 4 is 10.8 Å². The third-order valence-electron chi connectivity index (χ3n) is 3.08. The normalized spacial score (nSPS) is 10.8. The summed E-state index contributed by atoms with van der Waals surface area (Å²) >= 11 is 0. The summed E-state index contributed by atoms with van der Waals surface area (Å²) < 4.78 is 13.9. The smallest absolute Gasteiger partial charge is 0.131 e. The zero-order valence-electron chi connectivity index (χ0n) is 10.0. The average molecular weight is 237 g/mol. The molecule has 0 bridgehead atoms. The van der Waals surface area contributed by atoms with E-state index in [1.165, 1.54) is 0 Å². The van der Waals surface area contributed by atoms with Gasteiger partial charge in [-0.25, -0.2) is 4.39 Å². The Balaban J connectivity index is 2.19. The fourth-order valence-corrected chi connectivity index (χ4v) is 2.11. The van der Waals surface area contributed by atoms with Crippen LogP contribution in [0.2, 0.25) is 0 Å². The summed E-state index contributed by atoms with van der Waals surface area (Å²) in [5.74, 6) is -0.182. The van der Waals surface area contributed by atoms with Crippen LogP contribution in [0.1, 0.15) is 5.56 Å². The van der Waals surface area contributed by atoms with E-state index in [1.807, 2.05) is 43.3 Å². The SMILES string of the molecule is Cc1ccc(-c2ccc3ccncc3c2)c(F)c1. The highest BCUT2D eigenvalue weighted by Gasteiger charge is 2.05. The van der Waals surface area contributed by atoms with Gasteiger partial charge in [0.2, 0.25) is 0 Å². The Hall–Kier alpha value is -2.22. The Morgan fingerprint density at radius 2 is 1.83 bits per heavy atom. The van der Waals surface area contributed by atoms with Gasteiger partial charge in [-0.3, -0.25) is 4.98 Å². The number of fused-ring (bicyclic) bond motifs is 1. The van der Waals surface area contributed by atoms with Gasteiger partial charge < -0.3 is 0 Å². The van der Waals surface area contributed by atoms with E-state index in [1.54, 1.807) is 18.5 Å². The van der Waals surface area contributed by atoms with Gasteiger partial charge in [0.05, 0.1) is 0 Å². The Labute approximate surface area is 105 Å². The van der Waals surface area contributed by atoms with Crippen molar-refractivity contribution in [2.45, 2.75) is 6.92 Å². The molecule has 0 atom stereocenters. The molecule has 0 saturated heterocycles. The number of aryl methyl sites for hydroxylation is 1. The number of aromatic nitrogens is 1. The lowest BCUT2D eigenvalue weighted by atomic mass is 10.0. The van der Waals surface area contributed by atoms with Crippen molar-refractivity contribution in [3.05, 3.63) is 66.2 Å². The number of rotatable bonds is 1. The lowest BCUT2D eigenvalue weighted by Gasteiger charge is -2.06. The lowest BCUT2D eigenvalue weighted by Crippen LogP contribution is -1.86. The quantitative estimate of drug-likeness (QED) is 0.613. The number of hydrogen-bond acceptors (Lipinski definition) is 1. The summed E-state index contributed by atoms with van der Waals surface area (Å²) in [6.45, 7) is 1.89. The Kier molecular flexibility index (Phi) is 2.56. The minimum Gasteiger partial charge on any atom is -0.264 e. The molecule has 0 unspecified atom stereocenters. The van der Waals surface area contributed by atoms with E-state index in [0.717, 1.165) is 21.9 Å². The molecule has 0 spiro atoms. The second kappa shape index (κ2) is 4.22. The van der Waals surface area contributed by atoms with E-state index in [0.29, 0.717) is 5.56 Å². The van der Waals surface area contributed by atoms with Crippen LogP contribution in [0.15, 0.2) is 54.9 Å². The van der Waals surface area contributed by atoms with Gasteiger partial charge in [0.1, 0.15) is 5.82 Å². The largest absolute Gasteiger partial charge is 0.264 e. The molecule has 0 aliphatic heterocycles. The molecule has 0 fully saturated rings. The minimum atomic E-state index is -0.182. The molecule has 0 amide bonds. The highest BCUT2D eigenvalue weighted by molar-refractivity contribution is 5.86. The first-order valence-corrected chi connectivity index (χ1v) is 5.84. The fraction of sp³-hybridized carbons (Fsp3) is 0.0625. The first kappa shape index (κ1) is 10.9. The summed E-state index contributed by atoms with van der Waals surface area (Å²) in [5.41, 5.74) is 2.44. The van der Waals surface area contributed by atoms with Gasteiger partial charge in [0, 0.05) is 23.3 Å². The van der Waals surface area contributed by atoms with Crippen LogP contribution in [-0.2, 0) is 0 Å². The molecular weight excluding hydrogens is 225 g/mol. The number of benzene rings is 2. The summed E-state index contributed by atoms with van der Waals surface area (Å²) in [7, 11) is 0. The van der Waals surface area contributed by atoms with Crippen LogP contribution in [0.25, 0.3) is 21.9 Å². The average Bonchev–Trinajstić information content (AvgIpc) is 2.38. The second-order valence-corrected chi connectivity index (χ2v) is 4.42. The standard InChI is InChI=1S/C16H12FN/c1-11-2-5-15(16(17)8-11)13-4-3-12-6-7-18-10-14(12)9-13/h2-10H,1H3. The number of pyridine rings is 1. The van der Waals surface area contributed by atoms with Crippen molar-refractivity contribution in [2.24, 2.45) is 0 Å². The zero-order valence-corrected chi connectivity index (χ0v) is 10.0. The topological polar surface area (TPSA) is 12.9 Å². The van der Waals surface area contributed by atoms with Gasteiger partial charge in [-0.2, -0.15) is 0 Å². The highest BCUT2D eigenvalue weighted by atomic mass is 19.1. The van der Waals surface area contributed by atoms with Crippen LogP contribution in [0.4, 0.5) is 4.39 Å². The van der Waals surface area contributed by atoms with Crippen molar-refractivity contribution < 1.29 is 4.39 Å². The second-order valence-electron chi connectivity index (χ2n) is 4.42. The van der Waals surface area contributed by atoms with Crippen molar-refractivity contribution in [2.75, 3.05) is 0 Å². The van der Waals surface area contributed by atoms with Crippen LogP contribution in [0.3, 0.4) is 0 Å². The molecule has 0 aliphatic carbocycles. The van der Waals surface area contributed by atoms with E-state index in [-0.39, 0.29) is 5.82 Å². The maximum atomic E-state index is 13.9. The third-order valence-corrected chi connectivity index (χ3v) is 3.08. The van der Waals surface area contributed by atoms with E-state index in [2.05, 4.69) is 4.98 Å². The van der Waals surface area contributed by atoms with E-state index in [9.17, 15) is 4.39 Å². The molecule has 0 radical (unpaired) electrons. The molecule has 0 aliphatic rings. The van der Waals surface area contributed by atoms with Crippen LogP contribution >= 0.6 is 0 Å². The first-order valence-electron chi connectivity index (χ1n) is 5.84. The van der Waals surface area contributed by atoms with Crippen molar-refractivity contribution in [1.29, 1.82) is 0 Å². The van der Waals surface area contributed by atoms with E-state index >= 15 is 0 Å². The van der Waals surface area contributed by atoms with Crippen LogP contribution in [0, 0.1) is 12.7 Å². The summed E-state index contributed by atoms with van der Waals surface area (Å²) in [4.78, 5) is 4.09. The van der Waals surface area contributed by atoms with E-state index < -0.39 is 0 Å². The first-order chi connectivity index (χ1) is 8.74. The van der Waals surface area contributed by atoms with Crippen LogP contribution in [0.5, 0.6) is 0 Å². The summed E-state index contributed by atoms with van der Waals surface area (Å²) in [6.07, 6.45) is 3.55. The maximum absolute atomic E-state index is 13.9. The third kappa shape index (κ3) is 1.86. The van der Waals surface area contributed by atoms with Gasteiger partial charge in [0.15, 0.2) is 0 Å². The molecular formula is C16H12FN. The monoisotopic (exact) mass is 237 g/mol. The van der Waals surface area contributed by atoms with Crippen molar-refractivity contribution in [1.82, 2.24) is 4.98 Å². The van der Waals surface area contributed by atoms with Gasteiger partial charge in [-0.05, 0) is 41.6 Å². The van der Waals surface area contributed by atoms with Gasteiger partial charge in [-0.15, -0.1) is 0 Å². The predicted octanol–water partition coefficient (Wildman–Crippen LogP) is 4.35. The molecule has 1 nitrogen and oxygen atoms in total. The molecule has 1 heterocycles. The van der Waals surface area contributed by atoms with Gasteiger partial charge >= 0.3 is 0 Å². The summed E-state index contributed by atoms with van der Waals surface area (Å²) in [6, 6.07) is 13.2. The number of halogens is 1. The van der Waals surface area contributed by atoms with Crippen molar-refractivity contribution in [3.63, 3.8) is 0 Å². The van der Waals surface area contributed by atoms with Crippen LogP contribution < -0.4 is 0 Å². The molecule has 3 rings (SSSR count). The summed E-state index contributed by atoms with van der Waals surface area (Å²) in [5, 5.41) is 2.14. The Bertz CT molecular complexity index is 719. The number of hydrogen-bond donors (Lipinski definition) is 0.